The summed E-state index contributed by atoms with van der Waals surface area (Å²) in [6, 6.07) is 10.2. The summed E-state index contributed by atoms with van der Waals surface area (Å²) >= 11 is 5.87. The van der Waals surface area contributed by atoms with Crippen LogP contribution in [0.1, 0.15) is 12.0 Å². The highest BCUT2D eigenvalue weighted by molar-refractivity contribution is 6.31. The number of hydrogen-bond donors (Lipinski definition) is 2. The van der Waals surface area contributed by atoms with Crippen molar-refractivity contribution in [3.8, 4) is 11.8 Å². The Morgan fingerprint density at radius 3 is 2.90 bits per heavy atom. The minimum Gasteiger partial charge on any atom is -0.496 e. The molecule has 1 amide bonds. The maximum absolute atomic E-state index is 14.4. The highest BCUT2D eigenvalue weighted by Gasteiger charge is 2.16. The van der Waals surface area contributed by atoms with Crippen LogP contribution in [0.4, 0.5) is 15.9 Å². The molecule has 0 radical (unpaired) electrons. The molecule has 3 N–H and O–H groups in total. The molecule has 1 heterocycles. The zero-order chi connectivity index (χ0) is 22.4. The Morgan fingerprint density at radius 2 is 2.19 bits per heavy atom. The lowest BCUT2D eigenvalue weighted by Gasteiger charge is -2.21. The molecule has 8 nitrogen and oxygen atoms in total. The van der Waals surface area contributed by atoms with Crippen LogP contribution in [0.3, 0.4) is 0 Å². The van der Waals surface area contributed by atoms with Crippen LogP contribution < -0.4 is 15.8 Å². The first-order valence-corrected chi connectivity index (χ1v) is 9.71. The molecule has 0 aliphatic rings. The Bertz CT molecular complexity index is 1150. The van der Waals surface area contributed by atoms with E-state index in [1.165, 1.54) is 19.5 Å². The molecule has 0 aliphatic heterocycles. The van der Waals surface area contributed by atoms with Crippen molar-refractivity contribution in [1.29, 1.82) is 5.26 Å². The standard InChI is InChI=1S/C21H20ClFN6O2/c1-31-18-9-17-14(8-13(18)10-29(7-3-6-24)11-19(25)30)21(27-12-26-17)28-16-5-2-4-15(22)20(16)23/h2,4-5,8-9,12H,3,7,10-11H2,1H3,(H2,25,30)(H,26,27,28). The molecule has 160 valence electrons. The molecule has 0 bridgehead atoms. The minimum absolute atomic E-state index is 0.00695. The first kappa shape index (κ1) is 22.2. The van der Waals surface area contributed by atoms with Crippen molar-refractivity contribution in [2.75, 3.05) is 25.5 Å². The molecule has 1 aromatic heterocycles. The van der Waals surface area contributed by atoms with Crippen LogP contribution >= 0.6 is 11.6 Å². The number of halogens is 2. The van der Waals surface area contributed by atoms with Crippen LogP contribution in [0, 0.1) is 17.1 Å². The number of carbonyl (C=O) groups is 1. The van der Waals surface area contributed by atoms with E-state index in [0.717, 1.165) is 5.56 Å². The fourth-order valence-corrected chi connectivity index (χ4v) is 3.33. The maximum Gasteiger partial charge on any atom is 0.231 e. The second-order valence-corrected chi connectivity index (χ2v) is 7.12. The number of carbonyl (C=O) groups excluding carboxylic acids is 1. The number of ether oxygens (including phenoxy) is 1. The number of benzene rings is 2. The lowest BCUT2D eigenvalue weighted by molar-refractivity contribution is -0.119. The molecular weight excluding hydrogens is 423 g/mol. The second-order valence-electron chi connectivity index (χ2n) is 6.71. The monoisotopic (exact) mass is 442 g/mol. The summed E-state index contributed by atoms with van der Waals surface area (Å²) in [6.45, 7) is 0.668. The number of nitriles is 1. The van der Waals surface area contributed by atoms with E-state index in [0.29, 0.717) is 35.6 Å². The molecule has 0 spiro atoms. The predicted octanol–water partition coefficient (Wildman–Crippen LogP) is 3.38. The summed E-state index contributed by atoms with van der Waals surface area (Å²) in [5, 5.41) is 12.5. The van der Waals surface area contributed by atoms with Gasteiger partial charge in [0, 0.05) is 36.5 Å². The third-order valence-corrected chi connectivity index (χ3v) is 4.85. The molecule has 3 rings (SSSR count). The fraction of sp³-hybridized carbons (Fsp3) is 0.238. The summed E-state index contributed by atoms with van der Waals surface area (Å²) in [6.07, 6.45) is 1.60. The van der Waals surface area contributed by atoms with Crippen LogP contribution in [0.15, 0.2) is 36.7 Å². The number of anilines is 2. The largest absolute Gasteiger partial charge is 0.496 e. The summed E-state index contributed by atoms with van der Waals surface area (Å²) in [7, 11) is 1.53. The molecule has 10 heteroatoms. The van der Waals surface area contributed by atoms with Gasteiger partial charge < -0.3 is 15.8 Å². The van der Waals surface area contributed by atoms with Crippen molar-refractivity contribution < 1.29 is 13.9 Å². The van der Waals surface area contributed by atoms with Crippen LogP contribution in [0.5, 0.6) is 5.75 Å². The second kappa shape index (κ2) is 10.0. The molecule has 0 aliphatic carbocycles. The number of nitrogens with zero attached hydrogens (tertiary/aromatic N) is 4. The zero-order valence-electron chi connectivity index (χ0n) is 16.7. The number of amides is 1. The SMILES string of the molecule is COc1cc2ncnc(Nc3cccc(Cl)c3F)c2cc1CN(CCC#N)CC(N)=O. The van der Waals surface area contributed by atoms with E-state index >= 15 is 0 Å². The van der Waals surface area contributed by atoms with Crippen molar-refractivity contribution in [1.82, 2.24) is 14.9 Å². The normalized spacial score (nSPS) is 10.8. The third kappa shape index (κ3) is 5.36. The smallest absolute Gasteiger partial charge is 0.231 e. The molecule has 0 fully saturated rings. The van der Waals surface area contributed by atoms with E-state index in [1.807, 2.05) is 0 Å². The summed E-state index contributed by atoms with van der Waals surface area (Å²) in [5.41, 5.74) is 6.84. The van der Waals surface area contributed by atoms with E-state index in [-0.39, 0.29) is 23.7 Å². The van der Waals surface area contributed by atoms with Crippen LogP contribution in [-0.2, 0) is 11.3 Å². The molecule has 0 unspecified atom stereocenters. The van der Waals surface area contributed by atoms with E-state index in [2.05, 4.69) is 21.4 Å². The molecule has 31 heavy (non-hydrogen) atoms. The van der Waals surface area contributed by atoms with Crippen LogP contribution in [0.2, 0.25) is 5.02 Å². The minimum atomic E-state index is -0.589. The Kier molecular flexibility index (Phi) is 7.18. The first-order chi connectivity index (χ1) is 14.9. The predicted molar refractivity (Wildman–Crippen MR) is 115 cm³/mol. The van der Waals surface area contributed by atoms with Crippen molar-refractivity contribution in [3.05, 3.63) is 53.1 Å². The van der Waals surface area contributed by atoms with Gasteiger partial charge in [-0.25, -0.2) is 14.4 Å². The number of nitrogens with one attached hydrogen (secondary N) is 1. The number of fused-ring (bicyclic) bond motifs is 1. The van der Waals surface area contributed by atoms with E-state index < -0.39 is 11.7 Å². The van der Waals surface area contributed by atoms with Gasteiger partial charge in [-0.3, -0.25) is 9.69 Å². The lowest BCUT2D eigenvalue weighted by Crippen LogP contribution is -2.34. The Labute approximate surface area is 183 Å². The highest BCUT2D eigenvalue weighted by atomic mass is 35.5. The fourth-order valence-electron chi connectivity index (χ4n) is 3.15. The highest BCUT2D eigenvalue weighted by Crippen LogP contribution is 2.32. The van der Waals surface area contributed by atoms with Gasteiger partial charge in [-0.2, -0.15) is 5.26 Å². The van der Waals surface area contributed by atoms with Gasteiger partial charge in [0.25, 0.3) is 0 Å². The molecular formula is C21H20ClFN6O2. The van der Waals surface area contributed by atoms with Crippen molar-refractivity contribution in [2.45, 2.75) is 13.0 Å². The van der Waals surface area contributed by atoms with Gasteiger partial charge in [-0.1, -0.05) is 17.7 Å². The molecule has 3 aromatic rings. The first-order valence-electron chi connectivity index (χ1n) is 9.33. The average molecular weight is 443 g/mol. The topological polar surface area (TPSA) is 117 Å². The summed E-state index contributed by atoms with van der Waals surface area (Å²) in [5.74, 6) is -0.153. The van der Waals surface area contributed by atoms with Gasteiger partial charge in [-0.05, 0) is 18.2 Å². The van der Waals surface area contributed by atoms with Crippen molar-refractivity contribution >= 4 is 39.9 Å². The lowest BCUT2D eigenvalue weighted by atomic mass is 10.1. The average Bonchev–Trinajstić information content (AvgIpc) is 2.74. The van der Waals surface area contributed by atoms with Crippen molar-refractivity contribution in [3.63, 3.8) is 0 Å². The van der Waals surface area contributed by atoms with E-state index in [1.54, 1.807) is 29.2 Å². The third-order valence-electron chi connectivity index (χ3n) is 4.56. The number of methoxy groups -OCH3 is 1. The number of nitrogens with two attached hydrogens (primary N) is 1. The maximum atomic E-state index is 14.4. The summed E-state index contributed by atoms with van der Waals surface area (Å²) in [4.78, 5) is 21.7. The van der Waals surface area contributed by atoms with Crippen molar-refractivity contribution in [2.24, 2.45) is 5.73 Å². The van der Waals surface area contributed by atoms with E-state index in [4.69, 9.17) is 27.3 Å². The van der Waals surface area contributed by atoms with Gasteiger partial charge in [0.15, 0.2) is 5.82 Å². The quantitative estimate of drug-likeness (QED) is 0.521. The van der Waals surface area contributed by atoms with Crippen LogP contribution in [0.25, 0.3) is 10.9 Å². The van der Waals surface area contributed by atoms with Gasteiger partial charge in [0.1, 0.15) is 17.9 Å². The summed E-state index contributed by atoms with van der Waals surface area (Å²) < 4.78 is 19.9. The Morgan fingerprint density at radius 1 is 1.39 bits per heavy atom. The molecule has 0 atom stereocenters. The van der Waals surface area contributed by atoms with Gasteiger partial charge >= 0.3 is 0 Å². The Hall–Kier alpha value is -3.48. The van der Waals surface area contributed by atoms with E-state index in [9.17, 15) is 9.18 Å². The number of hydrogen-bond acceptors (Lipinski definition) is 7. The number of rotatable bonds is 9. The van der Waals surface area contributed by atoms with Crippen LogP contribution in [-0.4, -0.2) is 41.0 Å². The van der Waals surface area contributed by atoms with Gasteiger partial charge in [-0.15, -0.1) is 0 Å². The molecule has 0 saturated carbocycles. The number of aromatic nitrogens is 2. The Balaban J connectivity index is 2.02. The number of primary amides is 1. The van der Waals surface area contributed by atoms with Gasteiger partial charge in [0.2, 0.25) is 5.91 Å². The zero-order valence-corrected chi connectivity index (χ0v) is 17.5. The molecule has 2 aromatic carbocycles. The molecule has 0 saturated heterocycles. The van der Waals surface area contributed by atoms with Gasteiger partial charge in [0.05, 0.1) is 36.0 Å².